The highest BCUT2D eigenvalue weighted by Gasteiger charge is 2.27. The molecule has 1 fully saturated rings. The summed E-state index contributed by atoms with van der Waals surface area (Å²) in [6.07, 6.45) is 1.07. The largest absolute Gasteiger partial charge is 0.497 e. The third kappa shape index (κ3) is 5.15. The van der Waals surface area contributed by atoms with E-state index in [4.69, 9.17) is 9.47 Å². The van der Waals surface area contributed by atoms with Crippen molar-refractivity contribution in [3.8, 4) is 11.5 Å². The molecule has 1 aliphatic rings. The summed E-state index contributed by atoms with van der Waals surface area (Å²) in [4.78, 5) is 6.82. The monoisotopic (exact) mass is 513 g/mol. The number of nitrogens with zero attached hydrogens (tertiary/aromatic N) is 4. The van der Waals surface area contributed by atoms with Gasteiger partial charge in [0.25, 0.3) is 0 Å². The molecule has 160 valence electrons. The van der Waals surface area contributed by atoms with Crippen LogP contribution < -0.4 is 14.8 Å². The molecule has 1 aliphatic heterocycles. The smallest absolute Gasteiger partial charge is 0.193 e. The molecule has 8 heteroatoms. The van der Waals surface area contributed by atoms with Crippen LogP contribution in [0.1, 0.15) is 34.9 Å². The number of benzene rings is 1. The first-order chi connectivity index (χ1) is 13.5. The van der Waals surface area contributed by atoms with Crippen molar-refractivity contribution in [1.82, 2.24) is 20.0 Å². The molecule has 0 radical (unpaired) electrons. The Hall–Kier alpha value is -1.97. The fraction of sp³-hybridized carbons (Fsp3) is 0.524. The zero-order valence-electron chi connectivity index (χ0n) is 18.2. The minimum atomic E-state index is 0. The minimum Gasteiger partial charge on any atom is -0.497 e. The van der Waals surface area contributed by atoms with E-state index in [2.05, 4.69) is 46.3 Å². The van der Waals surface area contributed by atoms with Gasteiger partial charge in [-0.25, -0.2) is 0 Å². The number of hydrogen-bond acceptors (Lipinski definition) is 4. The van der Waals surface area contributed by atoms with Crippen LogP contribution in [0.15, 0.2) is 23.2 Å². The summed E-state index contributed by atoms with van der Waals surface area (Å²) in [6, 6.07) is 6.12. The van der Waals surface area contributed by atoms with Gasteiger partial charge in [-0.2, -0.15) is 5.10 Å². The lowest BCUT2D eigenvalue weighted by atomic mass is 9.98. The lowest BCUT2D eigenvalue weighted by Crippen LogP contribution is -2.39. The minimum absolute atomic E-state index is 0. The summed E-state index contributed by atoms with van der Waals surface area (Å²) in [5.41, 5.74) is 4.72. The van der Waals surface area contributed by atoms with E-state index < -0.39 is 0 Å². The molecule has 0 amide bonds. The van der Waals surface area contributed by atoms with Crippen LogP contribution in [0.5, 0.6) is 11.5 Å². The standard InChI is InChI=1S/C21H31N5O2.HI/c1-14-20(15(2)25(4)24-14)12-23-21(22-3)26-8-7-16(13-26)17-9-18(27-5)11-19(10-17)28-6;/h9-11,16H,7-8,12-13H2,1-6H3,(H,22,23);1H. The fourth-order valence-corrected chi connectivity index (χ4v) is 3.86. The second kappa shape index (κ2) is 10.2. The quantitative estimate of drug-likeness (QED) is 0.378. The maximum atomic E-state index is 5.43. The van der Waals surface area contributed by atoms with Gasteiger partial charge in [-0.3, -0.25) is 9.67 Å². The van der Waals surface area contributed by atoms with Crippen LogP contribution in [-0.2, 0) is 13.6 Å². The normalized spacial score (nSPS) is 16.6. The molecular weight excluding hydrogens is 481 g/mol. The van der Waals surface area contributed by atoms with Crippen LogP contribution in [-0.4, -0.2) is 55.0 Å². The first-order valence-corrected chi connectivity index (χ1v) is 9.64. The van der Waals surface area contributed by atoms with E-state index >= 15 is 0 Å². The van der Waals surface area contributed by atoms with Crippen molar-refractivity contribution in [2.75, 3.05) is 34.4 Å². The molecule has 0 saturated carbocycles. The van der Waals surface area contributed by atoms with Crippen molar-refractivity contribution >= 4 is 29.9 Å². The number of aliphatic imine (C=N–C) groups is 1. The van der Waals surface area contributed by atoms with Crippen molar-refractivity contribution in [1.29, 1.82) is 0 Å². The van der Waals surface area contributed by atoms with Gasteiger partial charge >= 0.3 is 0 Å². The van der Waals surface area contributed by atoms with Gasteiger partial charge in [-0.05, 0) is 38.0 Å². The molecule has 0 bridgehead atoms. The SMILES string of the molecule is CN=C(NCc1c(C)nn(C)c1C)N1CCC(c2cc(OC)cc(OC)c2)C1.I. The predicted octanol–water partition coefficient (Wildman–Crippen LogP) is 3.24. The summed E-state index contributed by atoms with van der Waals surface area (Å²) in [7, 11) is 7.20. The number of guanidine groups is 1. The first-order valence-electron chi connectivity index (χ1n) is 9.64. The lowest BCUT2D eigenvalue weighted by molar-refractivity contribution is 0.392. The van der Waals surface area contributed by atoms with Crippen LogP contribution in [0.3, 0.4) is 0 Å². The highest BCUT2D eigenvalue weighted by atomic mass is 127. The average Bonchev–Trinajstić information content (AvgIpc) is 3.28. The third-order valence-electron chi connectivity index (χ3n) is 5.63. The number of aromatic nitrogens is 2. The van der Waals surface area contributed by atoms with Crippen molar-refractivity contribution in [2.24, 2.45) is 12.0 Å². The molecule has 0 spiro atoms. The van der Waals surface area contributed by atoms with Crippen LogP contribution in [0.2, 0.25) is 0 Å². The molecule has 2 aromatic rings. The Bertz CT molecular complexity index is 843. The Morgan fingerprint density at radius 1 is 1.21 bits per heavy atom. The Morgan fingerprint density at radius 3 is 2.38 bits per heavy atom. The molecule has 1 aromatic heterocycles. The Balaban J connectivity index is 0.00000300. The highest BCUT2D eigenvalue weighted by molar-refractivity contribution is 14.0. The zero-order valence-corrected chi connectivity index (χ0v) is 20.5. The summed E-state index contributed by atoms with van der Waals surface area (Å²) in [5.74, 6) is 3.01. The molecule has 0 aliphatic carbocycles. The number of likely N-dealkylation sites (tertiary alicyclic amines) is 1. The van der Waals surface area contributed by atoms with Gasteiger partial charge in [0.1, 0.15) is 11.5 Å². The number of nitrogens with one attached hydrogen (secondary N) is 1. The maximum Gasteiger partial charge on any atom is 0.193 e. The van der Waals surface area contributed by atoms with Gasteiger partial charge in [0, 0.05) is 57.0 Å². The summed E-state index contributed by atoms with van der Waals surface area (Å²) in [5, 5.41) is 8.01. The van der Waals surface area contributed by atoms with E-state index in [1.165, 1.54) is 16.8 Å². The summed E-state index contributed by atoms with van der Waals surface area (Å²) >= 11 is 0. The van der Waals surface area contributed by atoms with Crippen molar-refractivity contribution < 1.29 is 9.47 Å². The zero-order chi connectivity index (χ0) is 20.3. The van der Waals surface area contributed by atoms with Gasteiger partial charge < -0.3 is 19.7 Å². The molecule has 1 unspecified atom stereocenters. The molecular formula is C21H32IN5O2. The van der Waals surface area contributed by atoms with Gasteiger partial charge in [-0.15, -0.1) is 24.0 Å². The second-order valence-electron chi connectivity index (χ2n) is 7.25. The summed E-state index contributed by atoms with van der Waals surface area (Å²) < 4.78 is 12.8. The number of ether oxygens (including phenoxy) is 2. The van der Waals surface area contributed by atoms with Crippen molar-refractivity contribution in [3.05, 3.63) is 40.7 Å². The first kappa shape index (κ1) is 23.3. The van der Waals surface area contributed by atoms with E-state index in [9.17, 15) is 0 Å². The highest BCUT2D eigenvalue weighted by Crippen LogP contribution is 2.33. The molecule has 1 atom stereocenters. The topological polar surface area (TPSA) is 63.9 Å². The van der Waals surface area contributed by atoms with E-state index in [-0.39, 0.29) is 24.0 Å². The third-order valence-corrected chi connectivity index (χ3v) is 5.63. The van der Waals surface area contributed by atoms with E-state index in [0.717, 1.165) is 49.2 Å². The van der Waals surface area contributed by atoms with Gasteiger partial charge in [0.05, 0.1) is 19.9 Å². The number of methoxy groups -OCH3 is 2. The van der Waals surface area contributed by atoms with E-state index in [0.29, 0.717) is 5.92 Å². The van der Waals surface area contributed by atoms with Crippen LogP contribution in [0, 0.1) is 13.8 Å². The predicted molar refractivity (Wildman–Crippen MR) is 127 cm³/mol. The summed E-state index contributed by atoms with van der Waals surface area (Å²) in [6.45, 7) is 6.76. The Morgan fingerprint density at radius 2 is 1.86 bits per heavy atom. The van der Waals surface area contributed by atoms with Gasteiger partial charge in [0.15, 0.2) is 5.96 Å². The van der Waals surface area contributed by atoms with Gasteiger partial charge in [-0.1, -0.05) is 0 Å². The van der Waals surface area contributed by atoms with Crippen LogP contribution in [0.25, 0.3) is 0 Å². The van der Waals surface area contributed by atoms with Gasteiger partial charge in [0.2, 0.25) is 0 Å². The van der Waals surface area contributed by atoms with E-state index in [1.807, 2.05) is 24.8 Å². The lowest BCUT2D eigenvalue weighted by Gasteiger charge is -2.22. The van der Waals surface area contributed by atoms with Crippen molar-refractivity contribution in [3.63, 3.8) is 0 Å². The number of halogens is 1. The Kier molecular flexibility index (Phi) is 8.18. The fourth-order valence-electron chi connectivity index (χ4n) is 3.86. The number of rotatable bonds is 5. The average molecular weight is 513 g/mol. The number of aryl methyl sites for hydroxylation is 2. The maximum absolute atomic E-state index is 5.43. The molecule has 1 saturated heterocycles. The molecule has 7 nitrogen and oxygen atoms in total. The second-order valence-corrected chi connectivity index (χ2v) is 7.25. The molecule has 3 rings (SSSR count). The number of hydrogen-bond donors (Lipinski definition) is 1. The van der Waals surface area contributed by atoms with E-state index in [1.54, 1.807) is 14.2 Å². The molecule has 2 heterocycles. The Labute approximate surface area is 190 Å². The van der Waals surface area contributed by atoms with Crippen LogP contribution in [0.4, 0.5) is 0 Å². The molecule has 29 heavy (non-hydrogen) atoms. The molecule has 1 N–H and O–H groups in total. The van der Waals surface area contributed by atoms with Crippen LogP contribution >= 0.6 is 24.0 Å². The van der Waals surface area contributed by atoms with Crippen molar-refractivity contribution in [2.45, 2.75) is 32.7 Å². The molecule has 1 aromatic carbocycles.